The summed E-state index contributed by atoms with van der Waals surface area (Å²) in [5, 5.41) is 17.4. The largest absolute Gasteiger partial charge is 0.481 e. The van der Waals surface area contributed by atoms with Crippen molar-refractivity contribution in [2.45, 2.75) is 25.7 Å². The Labute approximate surface area is 95.3 Å². The zero-order chi connectivity index (χ0) is 12.6. The number of carbonyl (C=O) groups is 2. The van der Waals surface area contributed by atoms with E-state index in [0.29, 0.717) is 6.42 Å². The van der Waals surface area contributed by atoms with Crippen molar-refractivity contribution in [3.8, 4) is 0 Å². The van der Waals surface area contributed by atoms with Crippen LogP contribution in [0, 0.1) is 11.8 Å². The Morgan fingerprint density at radius 1 is 1.00 bits per heavy atom. The van der Waals surface area contributed by atoms with Crippen LogP contribution in [0.15, 0.2) is 25.3 Å². The lowest BCUT2D eigenvalue weighted by atomic mass is 9.91. The summed E-state index contributed by atoms with van der Waals surface area (Å²) >= 11 is 0. The summed E-state index contributed by atoms with van der Waals surface area (Å²) in [6.45, 7) is 7.23. The number of carboxylic acid groups (broad SMARTS) is 2. The van der Waals surface area contributed by atoms with Crippen LogP contribution in [0.2, 0.25) is 0 Å². The van der Waals surface area contributed by atoms with Gasteiger partial charge in [0.25, 0.3) is 0 Å². The van der Waals surface area contributed by atoms with E-state index in [1.807, 2.05) is 0 Å². The van der Waals surface area contributed by atoms with Crippen molar-refractivity contribution in [1.29, 1.82) is 0 Å². The number of allylic oxidation sites excluding steroid dienone is 2. The minimum atomic E-state index is -1.31. The highest BCUT2D eigenvalue weighted by Gasteiger charge is 2.26. The Balaban J connectivity index is 4.24. The second-order valence-electron chi connectivity index (χ2n) is 3.72. The summed E-state index contributed by atoms with van der Waals surface area (Å²) in [6, 6.07) is 0. The number of hydrogen-bond donors (Lipinski definition) is 2. The summed E-state index contributed by atoms with van der Waals surface area (Å²) < 4.78 is 0. The normalized spacial score (nSPS) is 10.4. The molecule has 0 unspecified atom stereocenters. The van der Waals surface area contributed by atoms with E-state index in [4.69, 9.17) is 10.2 Å². The predicted molar refractivity (Wildman–Crippen MR) is 61.1 cm³/mol. The Morgan fingerprint density at radius 3 is 1.75 bits per heavy atom. The minimum absolute atomic E-state index is 0.150. The third-order valence-corrected chi connectivity index (χ3v) is 2.46. The highest BCUT2D eigenvalue weighted by atomic mass is 16.4. The SMILES string of the molecule is C=CCC(CC=C)CCC(C(=O)O)C(=O)O. The van der Waals surface area contributed by atoms with Gasteiger partial charge < -0.3 is 10.2 Å². The molecule has 0 amide bonds. The summed E-state index contributed by atoms with van der Waals surface area (Å²) in [6.07, 6.45) is 5.71. The quantitative estimate of drug-likeness (QED) is 0.467. The van der Waals surface area contributed by atoms with Crippen LogP contribution in [-0.2, 0) is 9.59 Å². The first-order valence-corrected chi connectivity index (χ1v) is 5.20. The molecule has 16 heavy (non-hydrogen) atoms. The fraction of sp³-hybridized carbons (Fsp3) is 0.500. The van der Waals surface area contributed by atoms with Crippen molar-refractivity contribution >= 4 is 11.9 Å². The molecule has 2 N–H and O–H groups in total. The Bertz CT molecular complexity index is 246. The molecule has 0 saturated carbocycles. The summed E-state index contributed by atoms with van der Waals surface area (Å²) in [5.41, 5.74) is 0. The average Bonchev–Trinajstić information content (AvgIpc) is 2.17. The summed E-state index contributed by atoms with van der Waals surface area (Å²) in [5.74, 6) is -3.62. The molecule has 0 heterocycles. The van der Waals surface area contributed by atoms with Crippen LogP contribution in [0.4, 0.5) is 0 Å². The van der Waals surface area contributed by atoms with Gasteiger partial charge in [-0.2, -0.15) is 0 Å². The highest BCUT2D eigenvalue weighted by molar-refractivity contribution is 5.92. The minimum Gasteiger partial charge on any atom is -0.481 e. The lowest BCUT2D eigenvalue weighted by Crippen LogP contribution is -2.24. The number of carboxylic acids is 2. The van der Waals surface area contributed by atoms with E-state index in [2.05, 4.69) is 13.2 Å². The maximum Gasteiger partial charge on any atom is 0.317 e. The molecule has 0 radical (unpaired) electrons. The van der Waals surface area contributed by atoms with Gasteiger partial charge in [0, 0.05) is 0 Å². The van der Waals surface area contributed by atoms with Gasteiger partial charge in [-0.25, -0.2) is 0 Å². The molecule has 4 heteroatoms. The molecule has 0 bridgehead atoms. The zero-order valence-corrected chi connectivity index (χ0v) is 9.26. The van der Waals surface area contributed by atoms with Crippen molar-refractivity contribution in [1.82, 2.24) is 0 Å². The third kappa shape index (κ3) is 5.34. The second-order valence-corrected chi connectivity index (χ2v) is 3.72. The first kappa shape index (κ1) is 14.4. The van der Waals surface area contributed by atoms with Crippen molar-refractivity contribution in [3.05, 3.63) is 25.3 Å². The molecule has 0 rings (SSSR count). The molecule has 0 aliphatic rings. The van der Waals surface area contributed by atoms with Gasteiger partial charge in [0.15, 0.2) is 5.92 Å². The maximum absolute atomic E-state index is 10.6. The second kappa shape index (κ2) is 7.68. The van der Waals surface area contributed by atoms with Gasteiger partial charge in [-0.1, -0.05) is 12.2 Å². The third-order valence-electron chi connectivity index (χ3n) is 2.46. The number of aliphatic carboxylic acids is 2. The van der Waals surface area contributed by atoms with Crippen LogP contribution in [0.5, 0.6) is 0 Å². The van der Waals surface area contributed by atoms with Crippen molar-refractivity contribution in [2.24, 2.45) is 11.8 Å². The van der Waals surface area contributed by atoms with Crippen LogP contribution in [0.25, 0.3) is 0 Å². The lowest BCUT2D eigenvalue weighted by Gasteiger charge is -2.14. The van der Waals surface area contributed by atoms with E-state index >= 15 is 0 Å². The molecule has 0 fully saturated rings. The van der Waals surface area contributed by atoms with Gasteiger partial charge in [0.05, 0.1) is 0 Å². The molecule has 0 aliphatic carbocycles. The molecule has 0 spiro atoms. The lowest BCUT2D eigenvalue weighted by molar-refractivity contribution is -0.154. The van der Waals surface area contributed by atoms with Gasteiger partial charge in [0.1, 0.15) is 0 Å². The molecule has 0 saturated heterocycles. The smallest absolute Gasteiger partial charge is 0.317 e. The molecular formula is C12H18O4. The monoisotopic (exact) mass is 226 g/mol. The van der Waals surface area contributed by atoms with Gasteiger partial charge in [-0.3, -0.25) is 9.59 Å². The van der Waals surface area contributed by atoms with Crippen LogP contribution in [-0.4, -0.2) is 22.2 Å². The molecular weight excluding hydrogens is 208 g/mol. The van der Waals surface area contributed by atoms with Gasteiger partial charge >= 0.3 is 11.9 Å². The van der Waals surface area contributed by atoms with E-state index in [0.717, 1.165) is 12.8 Å². The fourth-order valence-corrected chi connectivity index (χ4v) is 1.56. The number of rotatable bonds is 9. The maximum atomic E-state index is 10.6. The van der Waals surface area contributed by atoms with E-state index in [-0.39, 0.29) is 12.3 Å². The summed E-state index contributed by atoms with van der Waals surface area (Å²) in [7, 11) is 0. The topological polar surface area (TPSA) is 74.6 Å². The molecule has 4 nitrogen and oxygen atoms in total. The van der Waals surface area contributed by atoms with Crippen LogP contribution in [0.1, 0.15) is 25.7 Å². The van der Waals surface area contributed by atoms with Gasteiger partial charge in [0.2, 0.25) is 0 Å². The van der Waals surface area contributed by atoms with Crippen LogP contribution >= 0.6 is 0 Å². The van der Waals surface area contributed by atoms with E-state index in [1.165, 1.54) is 0 Å². The Morgan fingerprint density at radius 2 is 1.44 bits per heavy atom. The molecule has 0 aromatic heterocycles. The summed E-state index contributed by atoms with van der Waals surface area (Å²) in [4.78, 5) is 21.3. The highest BCUT2D eigenvalue weighted by Crippen LogP contribution is 2.20. The first-order chi connectivity index (χ1) is 7.52. The van der Waals surface area contributed by atoms with Crippen molar-refractivity contribution < 1.29 is 19.8 Å². The molecule has 90 valence electrons. The van der Waals surface area contributed by atoms with Gasteiger partial charge in [-0.15, -0.1) is 13.2 Å². The molecule has 0 atom stereocenters. The zero-order valence-electron chi connectivity index (χ0n) is 9.26. The fourth-order valence-electron chi connectivity index (χ4n) is 1.56. The molecule has 0 aromatic carbocycles. The number of hydrogen-bond acceptors (Lipinski definition) is 2. The van der Waals surface area contributed by atoms with Gasteiger partial charge in [-0.05, 0) is 31.6 Å². The Kier molecular flexibility index (Phi) is 6.92. The van der Waals surface area contributed by atoms with Crippen molar-refractivity contribution in [2.75, 3.05) is 0 Å². The first-order valence-electron chi connectivity index (χ1n) is 5.20. The standard InChI is InChI=1S/C12H18O4/c1-3-5-9(6-4-2)7-8-10(11(13)14)12(15)16/h3-4,9-10H,1-2,5-8H2,(H,13,14)(H,15,16). The molecule has 0 aromatic rings. The average molecular weight is 226 g/mol. The van der Waals surface area contributed by atoms with Crippen LogP contribution in [0.3, 0.4) is 0 Å². The molecule has 0 aliphatic heterocycles. The van der Waals surface area contributed by atoms with E-state index in [9.17, 15) is 9.59 Å². The van der Waals surface area contributed by atoms with Crippen LogP contribution < -0.4 is 0 Å². The van der Waals surface area contributed by atoms with Crippen molar-refractivity contribution in [3.63, 3.8) is 0 Å². The predicted octanol–water partition coefficient (Wildman–Crippen LogP) is 2.32. The van der Waals surface area contributed by atoms with E-state index < -0.39 is 17.9 Å². The van der Waals surface area contributed by atoms with E-state index in [1.54, 1.807) is 12.2 Å². The Hall–Kier alpha value is -1.58.